The molecule has 0 amide bonds. The van der Waals surface area contributed by atoms with Crippen molar-refractivity contribution in [3.63, 3.8) is 0 Å². The Balaban J connectivity index is 1.37. The van der Waals surface area contributed by atoms with E-state index in [1.54, 1.807) is 30.1 Å². The molecule has 1 aliphatic heterocycles. The first-order valence-corrected chi connectivity index (χ1v) is 8.68. The number of fused-ring (bicyclic) bond motifs is 1. The maximum Gasteiger partial charge on any atom is 0.140 e. The van der Waals surface area contributed by atoms with Crippen LogP contribution < -0.4 is 4.90 Å². The van der Waals surface area contributed by atoms with E-state index in [0.29, 0.717) is 0 Å². The highest BCUT2D eigenvalue weighted by Gasteiger charge is 2.20. The van der Waals surface area contributed by atoms with Gasteiger partial charge < -0.3 is 4.90 Å². The Morgan fingerprint density at radius 2 is 1.96 bits per heavy atom. The van der Waals surface area contributed by atoms with E-state index < -0.39 is 0 Å². The lowest BCUT2D eigenvalue weighted by Crippen LogP contribution is -2.47. The highest BCUT2D eigenvalue weighted by atomic mass is 32.1. The number of piperazine rings is 1. The van der Waals surface area contributed by atoms with Gasteiger partial charge in [0.2, 0.25) is 0 Å². The first kappa shape index (κ1) is 14.5. The van der Waals surface area contributed by atoms with Crippen LogP contribution in [0.5, 0.6) is 0 Å². The minimum absolute atomic E-state index is 0.954. The van der Waals surface area contributed by atoms with E-state index in [1.807, 2.05) is 6.20 Å². The molecule has 1 saturated heterocycles. The second-order valence-corrected chi connectivity index (χ2v) is 6.51. The fourth-order valence-electron chi connectivity index (χ4n) is 2.94. The van der Waals surface area contributed by atoms with Crippen LogP contribution in [0.25, 0.3) is 10.2 Å². The Morgan fingerprint density at radius 1 is 1.04 bits per heavy atom. The van der Waals surface area contributed by atoms with Crippen molar-refractivity contribution >= 4 is 27.4 Å². The first-order chi connectivity index (χ1) is 11.4. The summed E-state index contributed by atoms with van der Waals surface area (Å²) in [7, 11) is 0. The lowest BCUT2D eigenvalue weighted by molar-refractivity contribution is 0.260. The summed E-state index contributed by atoms with van der Waals surface area (Å²) in [6.07, 6.45) is 7.96. The number of anilines is 1. The van der Waals surface area contributed by atoms with Crippen LogP contribution in [0.2, 0.25) is 0 Å². The lowest BCUT2D eigenvalue weighted by Gasteiger charge is -2.35. The summed E-state index contributed by atoms with van der Waals surface area (Å²) < 4.78 is 0. The van der Waals surface area contributed by atoms with Crippen molar-refractivity contribution in [1.29, 1.82) is 0 Å². The average Bonchev–Trinajstić information content (AvgIpc) is 3.10. The van der Waals surface area contributed by atoms with Crippen LogP contribution in [0, 0.1) is 0 Å². The van der Waals surface area contributed by atoms with Gasteiger partial charge in [-0.15, -0.1) is 11.3 Å². The molecule has 0 aromatic carbocycles. The number of aromatic nitrogens is 4. The summed E-state index contributed by atoms with van der Waals surface area (Å²) >= 11 is 1.67. The molecule has 0 unspecified atom stereocenters. The van der Waals surface area contributed by atoms with Gasteiger partial charge in [-0.1, -0.05) is 0 Å². The lowest BCUT2D eigenvalue weighted by atomic mass is 10.2. The molecular formula is C16H18N6S. The van der Waals surface area contributed by atoms with Crippen molar-refractivity contribution < 1.29 is 0 Å². The molecule has 0 bridgehead atoms. The molecule has 4 rings (SSSR count). The van der Waals surface area contributed by atoms with Gasteiger partial charge in [-0.2, -0.15) is 0 Å². The van der Waals surface area contributed by atoms with E-state index in [4.69, 9.17) is 0 Å². The highest BCUT2D eigenvalue weighted by molar-refractivity contribution is 7.16. The fourth-order valence-corrected chi connectivity index (χ4v) is 3.67. The van der Waals surface area contributed by atoms with Crippen LogP contribution in [0.15, 0.2) is 36.4 Å². The van der Waals surface area contributed by atoms with Gasteiger partial charge in [-0.05, 0) is 11.4 Å². The molecule has 0 aliphatic carbocycles. The molecular weight excluding hydrogens is 308 g/mol. The first-order valence-electron chi connectivity index (χ1n) is 7.80. The van der Waals surface area contributed by atoms with Crippen molar-refractivity contribution in [3.8, 4) is 0 Å². The van der Waals surface area contributed by atoms with Gasteiger partial charge in [-0.3, -0.25) is 14.9 Å². The van der Waals surface area contributed by atoms with E-state index in [2.05, 4.69) is 41.2 Å². The number of rotatable bonds is 4. The third kappa shape index (κ3) is 3.16. The van der Waals surface area contributed by atoms with Crippen molar-refractivity contribution in [2.75, 3.05) is 37.6 Å². The molecule has 6 nitrogen and oxygen atoms in total. The van der Waals surface area contributed by atoms with Gasteiger partial charge in [0.15, 0.2) is 0 Å². The molecule has 0 radical (unpaired) electrons. The van der Waals surface area contributed by atoms with Crippen molar-refractivity contribution in [1.82, 2.24) is 24.8 Å². The zero-order chi connectivity index (χ0) is 15.5. The van der Waals surface area contributed by atoms with Crippen molar-refractivity contribution in [3.05, 3.63) is 42.1 Å². The third-order valence-corrected chi connectivity index (χ3v) is 5.03. The Kier molecular flexibility index (Phi) is 4.12. The van der Waals surface area contributed by atoms with Gasteiger partial charge in [0, 0.05) is 57.7 Å². The summed E-state index contributed by atoms with van der Waals surface area (Å²) in [5, 5.41) is 3.26. The third-order valence-electron chi connectivity index (χ3n) is 4.21. The zero-order valence-corrected chi connectivity index (χ0v) is 13.6. The normalized spacial score (nSPS) is 16.1. The van der Waals surface area contributed by atoms with Gasteiger partial charge >= 0.3 is 0 Å². The standard InChI is InChI=1S/C16H18N6S/c1(13-11-17-3-4-18-13)5-21-6-8-22(9-7-21)15-14-2-10-23-16(14)20-12-19-15/h2-4,10-12H,1,5-9H2. The Hall–Kier alpha value is -2.12. The van der Waals surface area contributed by atoms with Crippen LogP contribution in [0.4, 0.5) is 5.82 Å². The second kappa shape index (κ2) is 6.55. The van der Waals surface area contributed by atoms with E-state index >= 15 is 0 Å². The Morgan fingerprint density at radius 3 is 2.78 bits per heavy atom. The molecule has 1 aliphatic rings. The fraction of sp³-hybridized carbons (Fsp3) is 0.375. The minimum atomic E-state index is 0.954. The summed E-state index contributed by atoms with van der Waals surface area (Å²) in [4.78, 5) is 23.2. The second-order valence-electron chi connectivity index (χ2n) is 5.61. The van der Waals surface area contributed by atoms with Crippen LogP contribution in [0.1, 0.15) is 5.69 Å². The highest BCUT2D eigenvalue weighted by Crippen LogP contribution is 2.27. The molecule has 0 saturated carbocycles. The van der Waals surface area contributed by atoms with Crippen LogP contribution >= 0.6 is 11.3 Å². The maximum atomic E-state index is 4.51. The van der Waals surface area contributed by atoms with Crippen molar-refractivity contribution in [2.24, 2.45) is 0 Å². The number of thiophene rings is 1. The van der Waals surface area contributed by atoms with Crippen LogP contribution in [-0.4, -0.2) is 57.6 Å². The SMILES string of the molecule is c1cnc(CCN2CCN(c3ncnc4sccc34)CC2)cn1. The molecule has 0 N–H and O–H groups in total. The van der Waals surface area contributed by atoms with Crippen LogP contribution in [0.3, 0.4) is 0 Å². The predicted octanol–water partition coefficient (Wildman–Crippen LogP) is 1.85. The molecule has 3 aromatic heterocycles. The quantitative estimate of drug-likeness (QED) is 0.729. The minimum Gasteiger partial charge on any atom is -0.353 e. The molecule has 0 atom stereocenters. The van der Waals surface area contributed by atoms with Crippen molar-refractivity contribution in [2.45, 2.75) is 6.42 Å². The molecule has 3 aromatic rings. The molecule has 4 heterocycles. The summed E-state index contributed by atoms with van der Waals surface area (Å²) in [5.74, 6) is 1.07. The number of hydrogen-bond acceptors (Lipinski definition) is 7. The molecule has 23 heavy (non-hydrogen) atoms. The zero-order valence-electron chi connectivity index (χ0n) is 12.8. The topological polar surface area (TPSA) is 58.0 Å². The number of nitrogens with zero attached hydrogens (tertiary/aromatic N) is 6. The molecule has 118 valence electrons. The predicted molar refractivity (Wildman–Crippen MR) is 91.8 cm³/mol. The summed E-state index contributed by atoms with van der Waals surface area (Å²) in [6, 6.07) is 2.12. The molecule has 7 heteroatoms. The molecule has 1 fully saturated rings. The van der Waals surface area contributed by atoms with Gasteiger partial charge in [0.1, 0.15) is 17.0 Å². The molecule has 0 spiro atoms. The van der Waals surface area contributed by atoms with Crippen LogP contribution in [-0.2, 0) is 6.42 Å². The van der Waals surface area contributed by atoms with Gasteiger partial charge in [-0.25, -0.2) is 9.97 Å². The smallest absolute Gasteiger partial charge is 0.140 e. The average molecular weight is 326 g/mol. The monoisotopic (exact) mass is 326 g/mol. The van der Waals surface area contributed by atoms with E-state index in [9.17, 15) is 0 Å². The van der Waals surface area contributed by atoms with E-state index in [0.717, 1.165) is 55.5 Å². The van der Waals surface area contributed by atoms with E-state index in [1.165, 1.54) is 5.39 Å². The van der Waals surface area contributed by atoms with Gasteiger partial charge in [0.05, 0.1) is 11.1 Å². The largest absolute Gasteiger partial charge is 0.353 e. The summed E-state index contributed by atoms with van der Waals surface area (Å²) in [6.45, 7) is 5.14. The number of hydrogen-bond donors (Lipinski definition) is 0. The maximum absolute atomic E-state index is 4.51. The summed E-state index contributed by atoms with van der Waals surface area (Å²) in [5.41, 5.74) is 1.06. The Labute approximate surface area is 138 Å². The van der Waals surface area contributed by atoms with E-state index in [-0.39, 0.29) is 0 Å². The van der Waals surface area contributed by atoms with Gasteiger partial charge in [0.25, 0.3) is 0 Å². The Bertz CT molecular complexity index is 766.